The van der Waals surface area contributed by atoms with Crippen LogP contribution in [-0.2, 0) is 9.47 Å². The molecule has 3 unspecified atom stereocenters. The van der Waals surface area contributed by atoms with E-state index < -0.39 is 0 Å². The van der Waals surface area contributed by atoms with Gasteiger partial charge in [0.1, 0.15) is 0 Å². The third kappa shape index (κ3) is 3.17. The molecule has 16 heavy (non-hydrogen) atoms. The van der Waals surface area contributed by atoms with Crippen LogP contribution in [0.15, 0.2) is 0 Å². The van der Waals surface area contributed by atoms with E-state index in [0.717, 1.165) is 26.0 Å². The third-order valence-corrected chi connectivity index (χ3v) is 3.62. The van der Waals surface area contributed by atoms with Crippen molar-refractivity contribution < 1.29 is 14.6 Å². The zero-order valence-electron chi connectivity index (χ0n) is 10.1. The predicted molar refractivity (Wildman–Crippen MR) is 61.5 cm³/mol. The van der Waals surface area contributed by atoms with E-state index in [1.807, 2.05) is 0 Å². The maximum absolute atomic E-state index is 9.91. The molecular formula is C12H23NO3. The molecule has 2 aliphatic heterocycles. The Morgan fingerprint density at radius 1 is 1.25 bits per heavy atom. The highest BCUT2D eigenvalue weighted by molar-refractivity contribution is 4.82. The molecule has 0 aromatic rings. The Bertz CT molecular complexity index is 206. The Labute approximate surface area is 97.5 Å². The summed E-state index contributed by atoms with van der Waals surface area (Å²) in [5.74, 6) is 0. The predicted octanol–water partition coefficient (Wildman–Crippen LogP) is 0.637. The topological polar surface area (TPSA) is 41.9 Å². The molecule has 4 heteroatoms. The number of hydrogen-bond acceptors (Lipinski definition) is 4. The van der Waals surface area contributed by atoms with Crippen molar-refractivity contribution in [1.82, 2.24) is 4.90 Å². The lowest BCUT2D eigenvalue weighted by molar-refractivity contribution is -0.0739. The lowest BCUT2D eigenvalue weighted by atomic mass is 10.0. The van der Waals surface area contributed by atoms with Gasteiger partial charge in [0.25, 0.3) is 0 Å². The zero-order chi connectivity index (χ0) is 11.4. The van der Waals surface area contributed by atoms with Gasteiger partial charge in [-0.1, -0.05) is 0 Å². The molecule has 2 heterocycles. The van der Waals surface area contributed by atoms with E-state index in [-0.39, 0.29) is 12.1 Å². The van der Waals surface area contributed by atoms with E-state index in [1.54, 1.807) is 0 Å². The molecule has 2 saturated heterocycles. The standard InChI is InChI=1S/C12H23NO3/c1-13(8-10-4-2-3-6-16-10)11-9-15-7-5-12(11)14/h10-12,14H,2-9H2,1H3. The molecule has 2 aliphatic rings. The lowest BCUT2D eigenvalue weighted by Crippen LogP contribution is -2.50. The number of aliphatic hydroxyl groups is 1. The van der Waals surface area contributed by atoms with Crippen LogP contribution in [0, 0.1) is 0 Å². The van der Waals surface area contributed by atoms with E-state index in [0.29, 0.717) is 19.3 Å². The van der Waals surface area contributed by atoms with Crippen LogP contribution in [0.4, 0.5) is 0 Å². The fourth-order valence-electron chi connectivity index (χ4n) is 2.54. The van der Waals surface area contributed by atoms with Crippen molar-refractivity contribution in [1.29, 1.82) is 0 Å². The molecule has 2 rings (SSSR count). The summed E-state index contributed by atoms with van der Waals surface area (Å²) < 4.78 is 11.1. The van der Waals surface area contributed by atoms with Crippen LogP contribution >= 0.6 is 0 Å². The van der Waals surface area contributed by atoms with Gasteiger partial charge < -0.3 is 14.6 Å². The first-order valence-corrected chi connectivity index (χ1v) is 6.35. The maximum atomic E-state index is 9.91. The van der Waals surface area contributed by atoms with Crippen LogP contribution in [0.2, 0.25) is 0 Å². The number of ether oxygens (including phenoxy) is 2. The van der Waals surface area contributed by atoms with Gasteiger partial charge >= 0.3 is 0 Å². The van der Waals surface area contributed by atoms with Gasteiger partial charge in [0.2, 0.25) is 0 Å². The molecule has 4 nitrogen and oxygen atoms in total. The highest BCUT2D eigenvalue weighted by Crippen LogP contribution is 2.17. The maximum Gasteiger partial charge on any atom is 0.0739 e. The van der Waals surface area contributed by atoms with Crippen LogP contribution in [0.25, 0.3) is 0 Å². The molecular weight excluding hydrogens is 206 g/mol. The van der Waals surface area contributed by atoms with Crippen molar-refractivity contribution in [2.75, 3.05) is 33.4 Å². The average molecular weight is 229 g/mol. The second kappa shape index (κ2) is 5.96. The summed E-state index contributed by atoms with van der Waals surface area (Å²) in [6, 6.07) is 0.138. The molecule has 0 spiro atoms. The number of likely N-dealkylation sites (N-methyl/N-ethyl adjacent to an activating group) is 1. The molecule has 0 saturated carbocycles. The minimum Gasteiger partial charge on any atom is -0.391 e. The van der Waals surface area contributed by atoms with E-state index in [4.69, 9.17) is 9.47 Å². The molecule has 0 aromatic heterocycles. The highest BCUT2D eigenvalue weighted by Gasteiger charge is 2.29. The zero-order valence-corrected chi connectivity index (χ0v) is 10.1. The fraction of sp³-hybridized carbons (Fsp3) is 1.00. The molecule has 1 N–H and O–H groups in total. The smallest absolute Gasteiger partial charge is 0.0739 e. The van der Waals surface area contributed by atoms with Gasteiger partial charge in [0.05, 0.1) is 24.9 Å². The van der Waals surface area contributed by atoms with E-state index in [1.165, 1.54) is 12.8 Å². The largest absolute Gasteiger partial charge is 0.391 e. The molecule has 0 radical (unpaired) electrons. The van der Waals surface area contributed by atoms with Gasteiger partial charge in [-0.25, -0.2) is 0 Å². The van der Waals surface area contributed by atoms with Crippen molar-refractivity contribution in [3.63, 3.8) is 0 Å². The number of nitrogens with zero attached hydrogens (tertiary/aromatic N) is 1. The summed E-state index contributed by atoms with van der Waals surface area (Å²) in [6.07, 6.45) is 4.45. The van der Waals surface area contributed by atoms with Gasteiger partial charge in [0.15, 0.2) is 0 Å². The van der Waals surface area contributed by atoms with Crippen LogP contribution in [0.1, 0.15) is 25.7 Å². The van der Waals surface area contributed by atoms with Gasteiger partial charge in [-0.05, 0) is 32.7 Å². The van der Waals surface area contributed by atoms with E-state index >= 15 is 0 Å². The lowest BCUT2D eigenvalue weighted by Gasteiger charge is -2.37. The first-order chi connectivity index (χ1) is 7.77. The van der Waals surface area contributed by atoms with E-state index in [2.05, 4.69) is 11.9 Å². The Balaban J connectivity index is 1.78. The van der Waals surface area contributed by atoms with Crippen molar-refractivity contribution in [2.24, 2.45) is 0 Å². The van der Waals surface area contributed by atoms with Gasteiger partial charge in [0, 0.05) is 19.8 Å². The molecule has 0 bridgehead atoms. The van der Waals surface area contributed by atoms with Crippen LogP contribution < -0.4 is 0 Å². The summed E-state index contributed by atoms with van der Waals surface area (Å²) in [4.78, 5) is 2.19. The van der Waals surface area contributed by atoms with Crippen molar-refractivity contribution in [2.45, 2.75) is 43.9 Å². The van der Waals surface area contributed by atoms with Crippen molar-refractivity contribution in [3.8, 4) is 0 Å². The number of aliphatic hydroxyl groups excluding tert-OH is 1. The summed E-state index contributed by atoms with van der Waals surface area (Å²) in [6.45, 7) is 3.13. The molecule has 94 valence electrons. The average Bonchev–Trinajstić information content (AvgIpc) is 2.31. The number of hydrogen-bond donors (Lipinski definition) is 1. The summed E-state index contributed by atoms with van der Waals surface area (Å²) in [5, 5.41) is 9.91. The van der Waals surface area contributed by atoms with E-state index in [9.17, 15) is 5.11 Å². The van der Waals surface area contributed by atoms with Gasteiger partial charge in [-0.3, -0.25) is 4.90 Å². The SMILES string of the molecule is CN(CC1CCCCO1)C1COCCC1O. The normalized spacial score (nSPS) is 36.6. The Kier molecular flexibility index (Phi) is 4.58. The summed E-state index contributed by atoms with van der Waals surface area (Å²) in [7, 11) is 2.06. The summed E-state index contributed by atoms with van der Waals surface area (Å²) >= 11 is 0. The first kappa shape index (κ1) is 12.3. The van der Waals surface area contributed by atoms with Crippen molar-refractivity contribution >= 4 is 0 Å². The monoisotopic (exact) mass is 229 g/mol. The molecule has 2 fully saturated rings. The van der Waals surface area contributed by atoms with Crippen LogP contribution in [0.5, 0.6) is 0 Å². The Hall–Kier alpha value is -0.160. The summed E-state index contributed by atoms with van der Waals surface area (Å²) in [5.41, 5.74) is 0. The van der Waals surface area contributed by atoms with Gasteiger partial charge in [-0.15, -0.1) is 0 Å². The van der Waals surface area contributed by atoms with Gasteiger partial charge in [-0.2, -0.15) is 0 Å². The van der Waals surface area contributed by atoms with Crippen LogP contribution in [-0.4, -0.2) is 61.7 Å². The first-order valence-electron chi connectivity index (χ1n) is 6.35. The molecule has 0 aliphatic carbocycles. The molecule has 0 aromatic carbocycles. The highest BCUT2D eigenvalue weighted by atomic mass is 16.5. The molecule has 3 atom stereocenters. The Morgan fingerprint density at radius 2 is 2.12 bits per heavy atom. The molecule has 0 amide bonds. The quantitative estimate of drug-likeness (QED) is 0.771. The number of rotatable bonds is 3. The fourth-order valence-corrected chi connectivity index (χ4v) is 2.54. The third-order valence-electron chi connectivity index (χ3n) is 3.62. The van der Waals surface area contributed by atoms with Crippen molar-refractivity contribution in [3.05, 3.63) is 0 Å². The Morgan fingerprint density at radius 3 is 2.81 bits per heavy atom. The second-order valence-corrected chi connectivity index (χ2v) is 4.93. The minimum absolute atomic E-state index is 0.138. The van der Waals surface area contributed by atoms with Crippen LogP contribution in [0.3, 0.4) is 0 Å². The second-order valence-electron chi connectivity index (χ2n) is 4.93. The minimum atomic E-state index is -0.248.